The van der Waals surface area contributed by atoms with Crippen molar-refractivity contribution in [3.63, 3.8) is 0 Å². The summed E-state index contributed by atoms with van der Waals surface area (Å²) >= 11 is 1.62. The zero-order chi connectivity index (χ0) is 30.8. The molecule has 2 amide bonds. The maximum absolute atomic E-state index is 14.0. The Hall–Kier alpha value is -4.09. The number of benzene rings is 1. The zero-order valence-corrected chi connectivity index (χ0v) is 26.2. The number of aromatic nitrogens is 4. The Morgan fingerprint density at radius 2 is 1.91 bits per heavy atom. The molecular formula is C33H39N7O3S. The summed E-state index contributed by atoms with van der Waals surface area (Å²) in [7, 11) is 0. The van der Waals surface area contributed by atoms with Gasteiger partial charge in [0.15, 0.2) is 0 Å². The molecule has 0 spiro atoms. The number of hydrogen-bond donors (Lipinski definition) is 2. The van der Waals surface area contributed by atoms with E-state index in [4.69, 9.17) is 10.5 Å². The van der Waals surface area contributed by atoms with E-state index in [1.165, 1.54) is 0 Å². The predicted octanol–water partition coefficient (Wildman–Crippen LogP) is 4.75. The van der Waals surface area contributed by atoms with E-state index in [-0.39, 0.29) is 29.9 Å². The topological polar surface area (TPSA) is 128 Å². The number of hydrogen-bond acceptors (Lipinski definition) is 8. The van der Waals surface area contributed by atoms with Crippen LogP contribution in [0.3, 0.4) is 0 Å². The number of pyridine rings is 1. The van der Waals surface area contributed by atoms with Crippen LogP contribution in [0.4, 0.5) is 0 Å². The van der Waals surface area contributed by atoms with Gasteiger partial charge in [-0.15, -0.1) is 11.3 Å². The van der Waals surface area contributed by atoms with E-state index in [0.717, 1.165) is 52.1 Å². The number of nitrogens with one attached hydrogen (secondary N) is 1. The van der Waals surface area contributed by atoms with Gasteiger partial charge in [-0.1, -0.05) is 38.1 Å². The number of nitrogens with two attached hydrogens (primary N) is 1. The van der Waals surface area contributed by atoms with E-state index in [1.54, 1.807) is 33.3 Å². The molecule has 44 heavy (non-hydrogen) atoms. The molecule has 230 valence electrons. The van der Waals surface area contributed by atoms with Crippen LogP contribution in [-0.2, 0) is 16.1 Å². The quantitative estimate of drug-likeness (QED) is 0.264. The fourth-order valence-corrected chi connectivity index (χ4v) is 6.81. The van der Waals surface area contributed by atoms with Gasteiger partial charge in [-0.3, -0.25) is 14.3 Å². The molecule has 0 radical (unpaired) electrons. The minimum Gasteiger partial charge on any atom is -0.474 e. The Bertz CT molecular complexity index is 1610. The lowest BCUT2D eigenvalue weighted by Crippen LogP contribution is -2.48. The SMILES string of the molecule is Cc1ncsc1-c1ccc(CNC(=O)C2CCCN2C(=O)C(C(C)C)n2cc(-c3ccnc(OC4CC(N)C4)c3)cn2)cc1. The third kappa shape index (κ3) is 6.39. The molecular weight excluding hydrogens is 574 g/mol. The predicted molar refractivity (Wildman–Crippen MR) is 170 cm³/mol. The van der Waals surface area contributed by atoms with Crippen molar-refractivity contribution in [1.82, 2.24) is 30.0 Å². The lowest BCUT2D eigenvalue weighted by Gasteiger charge is -2.32. The summed E-state index contributed by atoms with van der Waals surface area (Å²) < 4.78 is 7.70. The van der Waals surface area contributed by atoms with Gasteiger partial charge in [0.05, 0.1) is 22.3 Å². The average molecular weight is 614 g/mol. The van der Waals surface area contributed by atoms with Gasteiger partial charge in [0.2, 0.25) is 17.7 Å². The molecule has 3 aromatic heterocycles. The number of aryl methyl sites for hydroxylation is 1. The van der Waals surface area contributed by atoms with Gasteiger partial charge in [-0.05, 0) is 61.3 Å². The molecule has 4 heterocycles. The Morgan fingerprint density at radius 1 is 1.11 bits per heavy atom. The molecule has 1 saturated carbocycles. The lowest BCUT2D eigenvalue weighted by atomic mass is 9.90. The molecule has 1 aliphatic heterocycles. The second-order valence-corrected chi connectivity index (χ2v) is 13.0. The van der Waals surface area contributed by atoms with Crippen LogP contribution >= 0.6 is 11.3 Å². The first-order chi connectivity index (χ1) is 21.3. The van der Waals surface area contributed by atoms with Gasteiger partial charge in [0, 0.05) is 43.2 Å². The largest absolute Gasteiger partial charge is 0.474 e. The fraction of sp³-hybridized carbons (Fsp3) is 0.424. The summed E-state index contributed by atoms with van der Waals surface area (Å²) in [5.74, 6) is 0.315. The van der Waals surface area contributed by atoms with Gasteiger partial charge < -0.3 is 20.7 Å². The van der Waals surface area contributed by atoms with E-state index in [0.29, 0.717) is 25.4 Å². The minimum atomic E-state index is -0.533. The highest BCUT2D eigenvalue weighted by atomic mass is 32.1. The number of rotatable bonds is 10. The molecule has 11 heteroatoms. The highest BCUT2D eigenvalue weighted by Gasteiger charge is 2.39. The van der Waals surface area contributed by atoms with Crippen molar-refractivity contribution in [3.8, 4) is 27.4 Å². The fourth-order valence-electron chi connectivity index (χ4n) is 6.00. The average Bonchev–Trinajstić information content (AvgIpc) is 3.77. The standard InChI is InChI=1S/C33H39N7O3S/c1-20(2)30(40-18-25(17-38-40)24-10-11-35-29(13-24)43-27-14-26(34)15-27)33(42)39-12-4-5-28(39)32(41)36-16-22-6-8-23(9-7-22)31-21(3)37-19-44-31/h6-11,13,17-20,26-28,30H,4-5,12,14-16,34H2,1-3H3,(H,36,41). The van der Waals surface area contributed by atoms with Gasteiger partial charge in [-0.2, -0.15) is 5.10 Å². The maximum Gasteiger partial charge on any atom is 0.248 e. The van der Waals surface area contributed by atoms with Crippen molar-refractivity contribution in [1.29, 1.82) is 0 Å². The van der Waals surface area contributed by atoms with Crippen molar-refractivity contribution in [2.24, 2.45) is 11.7 Å². The summed E-state index contributed by atoms with van der Waals surface area (Å²) in [6.45, 7) is 6.97. The zero-order valence-electron chi connectivity index (χ0n) is 25.3. The maximum atomic E-state index is 14.0. The first-order valence-electron chi connectivity index (χ1n) is 15.3. The molecule has 0 bridgehead atoms. The van der Waals surface area contributed by atoms with Crippen molar-refractivity contribution < 1.29 is 14.3 Å². The third-order valence-electron chi connectivity index (χ3n) is 8.52. The first-order valence-corrected chi connectivity index (χ1v) is 16.1. The molecule has 3 N–H and O–H groups in total. The molecule has 6 rings (SSSR count). The van der Waals surface area contributed by atoms with Crippen LogP contribution in [0.1, 0.15) is 56.8 Å². The summed E-state index contributed by atoms with van der Waals surface area (Å²) in [5.41, 5.74) is 12.7. The number of ether oxygens (including phenoxy) is 1. The van der Waals surface area contributed by atoms with Crippen molar-refractivity contribution in [2.45, 2.75) is 77.2 Å². The van der Waals surface area contributed by atoms with Crippen LogP contribution in [0, 0.1) is 12.8 Å². The molecule has 1 saturated heterocycles. The van der Waals surface area contributed by atoms with Gasteiger partial charge >= 0.3 is 0 Å². The number of likely N-dealkylation sites (tertiary alicyclic amines) is 1. The Balaban J connectivity index is 1.10. The number of carbonyl (C=O) groups is 2. The van der Waals surface area contributed by atoms with Crippen molar-refractivity contribution in [2.75, 3.05) is 6.54 Å². The molecule has 2 fully saturated rings. The number of nitrogens with zero attached hydrogens (tertiary/aromatic N) is 5. The summed E-state index contributed by atoms with van der Waals surface area (Å²) in [5, 5.41) is 7.66. The molecule has 4 aromatic rings. The van der Waals surface area contributed by atoms with Crippen molar-refractivity contribution >= 4 is 23.2 Å². The highest BCUT2D eigenvalue weighted by Crippen LogP contribution is 2.31. The summed E-state index contributed by atoms with van der Waals surface area (Å²) in [4.78, 5) is 38.9. The Morgan fingerprint density at radius 3 is 2.61 bits per heavy atom. The van der Waals surface area contributed by atoms with E-state index >= 15 is 0 Å². The highest BCUT2D eigenvalue weighted by molar-refractivity contribution is 7.13. The Kier molecular flexibility index (Phi) is 8.76. The van der Waals surface area contributed by atoms with Crippen LogP contribution in [0.25, 0.3) is 21.6 Å². The molecule has 2 unspecified atom stereocenters. The lowest BCUT2D eigenvalue weighted by molar-refractivity contribution is -0.142. The molecule has 1 aliphatic carbocycles. The third-order valence-corrected chi connectivity index (χ3v) is 9.50. The van der Waals surface area contributed by atoms with Crippen LogP contribution in [0.5, 0.6) is 5.88 Å². The molecule has 1 aromatic carbocycles. The monoisotopic (exact) mass is 613 g/mol. The summed E-state index contributed by atoms with van der Waals surface area (Å²) in [6.07, 6.45) is 8.56. The normalized spacial score (nSPS) is 20.4. The van der Waals surface area contributed by atoms with E-state index < -0.39 is 12.1 Å². The van der Waals surface area contributed by atoms with Gasteiger partial charge in [0.25, 0.3) is 0 Å². The van der Waals surface area contributed by atoms with Crippen LogP contribution in [0.15, 0.2) is 60.5 Å². The van der Waals surface area contributed by atoms with Crippen LogP contribution < -0.4 is 15.8 Å². The minimum absolute atomic E-state index is 0.0283. The number of amides is 2. The van der Waals surface area contributed by atoms with E-state index in [2.05, 4.69) is 32.5 Å². The smallest absolute Gasteiger partial charge is 0.248 e. The summed E-state index contributed by atoms with van der Waals surface area (Å²) in [6, 6.07) is 11.1. The molecule has 2 atom stereocenters. The second-order valence-electron chi connectivity index (χ2n) is 12.1. The van der Waals surface area contributed by atoms with E-state index in [9.17, 15) is 9.59 Å². The van der Waals surface area contributed by atoms with Crippen LogP contribution in [-0.4, -0.2) is 61.2 Å². The number of thiazole rings is 1. The van der Waals surface area contributed by atoms with Gasteiger partial charge in [0.1, 0.15) is 18.2 Å². The molecule has 2 aliphatic rings. The van der Waals surface area contributed by atoms with Gasteiger partial charge in [-0.25, -0.2) is 9.97 Å². The second kappa shape index (κ2) is 12.9. The Labute approximate surface area is 261 Å². The first kappa shape index (κ1) is 30.0. The van der Waals surface area contributed by atoms with Crippen LogP contribution in [0.2, 0.25) is 0 Å². The van der Waals surface area contributed by atoms with E-state index in [1.807, 2.05) is 56.7 Å². The number of carbonyl (C=O) groups excluding carboxylic acids is 2. The molecule has 10 nitrogen and oxygen atoms in total. The van der Waals surface area contributed by atoms with Crippen molar-refractivity contribution in [3.05, 3.63) is 71.8 Å².